The van der Waals surface area contributed by atoms with Gasteiger partial charge in [-0.25, -0.2) is 0 Å². The molecule has 0 bridgehead atoms. The van der Waals surface area contributed by atoms with Crippen LogP contribution in [0.2, 0.25) is 5.02 Å². The van der Waals surface area contributed by atoms with Gasteiger partial charge in [-0.2, -0.15) is 31.4 Å². The summed E-state index contributed by atoms with van der Waals surface area (Å²) < 4.78 is 81.7. The predicted molar refractivity (Wildman–Crippen MR) is 140 cm³/mol. The van der Waals surface area contributed by atoms with Crippen LogP contribution in [-0.4, -0.2) is 32.5 Å². The van der Waals surface area contributed by atoms with E-state index in [1.54, 1.807) is 54.6 Å². The largest absolute Gasteiger partial charge is 0.416 e. The summed E-state index contributed by atoms with van der Waals surface area (Å²) in [5.41, 5.74) is -2.46. The van der Waals surface area contributed by atoms with Crippen LogP contribution in [0.25, 0.3) is 0 Å². The molecule has 212 valence electrons. The van der Waals surface area contributed by atoms with Crippen LogP contribution < -0.4 is 5.84 Å². The first-order valence-corrected chi connectivity index (χ1v) is 12.1. The van der Waals surface area contributed by atoms with Crippen molar-refractivity contribution in [1.29, 1.82) is 0 Å². The zero-order valence-corrected chi connectivity index (χ0v) is 21.5. The number of aromatic nitrogens is 3. The summed E-state index contributed by atoms with van der Waals surface area (Å²) in [4.78, 5) is 16.1. The Morgan fingerprint density at radius 2 is 1.49 bits per heavy atom. The highest BCUT2D eigenvalue weighted by molar-refractivity contribution is 6.52. The van der Waals surface area contributed by atoms with Gasteiger partial charge in [0.25, 0.3) is 0 Å². The smallest absolute Gasteiger partial charge is 0.323 e. The van der Waals surface area contributed by atoms with Gasteiger partial charge in [0.2, 0.25) is 0 Å². The van der Waals surface area contributed by atoms with Crippen molar-refractivity contribution in [2.75, 3.05) is 0 Å². The average Bonchev–Trinajstić information content (AvgIpc) is 3.33. The summed E-state index contributed by atoms with van der Waals surface area (Å²) in [5.74, 6) is 5.59. The number of aliphatic imine (C=N–C) groups is 1. The quantitative estimate of drug-likeness (QED) is 0.0868. The van der Waals surface area contributed by atoms with Crippen molar-refractivity contribution in [1.82, 2.24) is 14.8 Å². The number of benzene rings is 3. The van der Waals surface area contributed by atoms with Crippen molar-refractivity contribution in [3.05, 3.63) is 117 Å². The highest BCUT2D eigenvalue weighted by Gasteiger charge is 2.37. The summed E-state index contributed by atoms with van der Waals surface area (Å²) >= 11 is 6.29. The molecular formula is C27H19ClF6N6O. The maximum atomic E-state index is 13.4. The van der Waals surface area contributed by atoms with Crippen molar-refractivity contribution >= 4 is 29.3 Å². The number of nitrogens with two attached hydrogens (primary N) is 1. The zero-order valence-electron chi connectivity index (χ0n) is 20.8. The molecule has 0 saturated carbocycles. The molecule has 0 atom stereocenters. The summed E-state index contributed by atoms with van der Waals surface area (Å²) in [6.45, 7) is -0.588. The minimum Gasteiger partial charge on any atom is -0.323 e. The van der Waals surface area contributed by atoms with E-state index in [0.717, 1.165) is 0 Å². The molecule has 0 aliphatic rings. The first kappa shape index (κ1) is 29.5. The van der Waals surface area contributed by atoms with Gasteiger partial charge in [0, 0.05) is 10.6 Å². The van der Waals surface area contributed by atoms with E-state index in [1.807, 2.05) is 0 Å². The van der Waals surface area contributed by atoms with Crippen molar-refractivity contribution < 1.29 is 31.1 Å². The molecular weight excluding hydrogens is 574 g/mol. The Balaban J connectivity index is 1.84. The van der Waals surface area contributed by atoms with Gasteiger partial charge in [-0.3, -0.25) is 14.4 Å². The molecule has 0 aliphatic heterocycles. The lowest BCUT2D eigenvalue weighted by atomic mass is 10.0. The molecule has 41 heavy (non-hydrogen) atoms. The van der Waals surface area contributed by atoms with Crippen LogP contribution in [-0.2, 0) is 25.4 Å². The van der Waals surface area contributed by atoms with E-state index in [-0.39, 0.29) is 41.2 Å². The number of halogens is 7. The molecule has 1 heterocycles. The lowest BCUT2D eigenvalue weighted by Gasteiger charge is -2.15. The van der Waals surface area contributed by atoms with Gasteiger partial charge in [0.1, 0.15) is 0 Å². The molecule has 0 amide bonds. The van der Waals surface area contributed by atoms with Gasteiger partial charge in [-0.1, -0.05) is 60.1 Å². The molecule has 4 aromatic rings. The predicted octanol–water partition coefficient (Wildman–Crippen LogP) is 6.18. The molecule has 0 aliphatic carbocycles. The Kier molecular flexibility index (Phi) is 8.57. The van der Waals surface area contributed by atoms with Crippen LogP contribution in [0.1, 0.15) is 44.3 Å². The third-order valence-electron chi connectivity index (χ3n) is 5.85. The van der Waals surface area contributed by atoms with Crippen molar-refractivity contribution in [3.8, 4) is 0 Å². The molecule has 1 aromatic heterocycles. The molecule has 0 unspecified atom stereocenters. The fraction of sp³-hybridized carbons (Fsp3) is 0.148. The number of nitrogens with zero attached hydrogens (tertiary/aromatic N) is 5. The first-order valence-electron chi connectivity index (χ1n) is 11.7. The van der Waals surface area contributed by atoms with E-state index >= 15 is 0 Å². The molecule has 7 nitrogen and oxygen atoms in total. The number of alkyl halides is 6. The van der Waals surface area contributed by atoms with E-state index in [9.17, 15) is 31.1 Å². The van der Waals surface area contributed by atoms with E-state index in [0.29, 0.717) is 34.6 Å². The molecule has 4 rings (SSSR count). The standard InChI is InChI=1S/C27H19ClF6N6O/c28-21-9-5-4-8-18(21)14-40-22(15-41)38-39-25(40)24(37-35)23(17-6-2-1-3-7-17)36-13-16-10-19(26(29,30)31)12-20(11-16)27(32,33)34/h1-12,15H,13-14,35H2. The number of carbonyl (C=O) groups excluding carboxylic acids is 1. The van der Waals surface area contributed by atoms with Gasteiger partial charge in [0.05, 0.1) is 29.9 Å². The monoisotopic (exact) mass is 592 g/mol. The summed E-state index contributed by atoms with van der Waals surface area (Å²) in [6, 6.07) is 16.1. The zero-order chi connectivity index (χ0) is 29.8. The highest BCUT2D eigenvalue weighted by atomic mass is 35.5. The molecule has 0 saturated heterocycles. The normalized spacial score (nSPS) is 13.0. The van der Waals surface area contributed by atoms with Gasteiger partial charge in [-0.15, -0.1) is 10.2 Å². The lowest BCUT2D eigenvalue weighted by molar-refractivity contribution is -0.143. The van der Waals surface area contributed by atoms with Crippen molar-refractivity contribution in [3.63, 3.8) is 0 Å². The van der Waals surface area contributed by atoms with Crippen LogP contribution >= 0.6 is 11.6 Å². The Morgan fingerprint density at radius 3 is 2.05 bits per heavy atom. The average molecular weight is 593 g/mol. The maximum absolute atomic E-state index is 13.4. The highest BCUT2D eigenvalue weighted by Crippen LogP contribution is 2.36. The first-order chi connectivity index (χ1) is 19.4. The maximum Gasteiger partial charge on any atom is 0.416 e. The van der Waals surface area contributed by atoms with Crippen molar-refractivity contribution in [2.24, 2.45) is 15.9 Å². The van der Waals surface area contributed by atoms with E-state index in [4.69, 9.17) is 17.4 Å². The number of hydrogen-bond acceptors (Lipinski definition) is 6. The summed E-state index contributed by atoms with van der Waals surface area (Å²) in [7, 11) is 0. The lowest BCUT2D eigenvalue weighted by Crippen LogP contribution is -2.25. The number of hydrogen-bond donors (Lipinski definition) is 1. The number of rotatable bonds is 8. The Morgan fingerprint density at radius 1 is 0.878 bits per heavy atom. The second-order valence-electron chi connectivity index (χ2n) is 8.60. The fourth-order valence-electron chi connectivity index (χ4n) is 3.93. The molecule has 0 radical (unpaired) electrons. The number of aldehydes is 1. The van der Waals surface area contributed by atoms with Crippen molar-refractivity contribution in [2.45, 2.75) is 25.4 Å². The van der Waals surface area contributed by atoms with Crippen LogP contribution in [0.5, 0.6) is 0 Å². The minimum absolute atomic E-state index is 0.00988. The minimum atomic E-state index is -5.02. The van der Waals surface area contributed by atoms with Crippen LogP contribution in [0, 0.1) is 0 Å². The Hall–Kier alpha value is -4.52. The second-order valence-corrected chi connectivity index (χ2v) is 9.01. The molecule has 14 heteroatoms. The molecule has 0 fully saturated rings. The van der Waals surface area contributed by atoms with Crippen LogP contribution in [0.3, 0.4) is 0 Å². The topological polar surface area (TPSA) is 98.5 Å². The van der Waals surface area contributed by atoms with Gasteiger partial charge in [-0.05, 0) is 35.4 Å². The molecule has 2 N–H and O–H groups in total. The van der Waals surface area contributed by atoms with Crippen LogP contribution in [0.15, 0.2) is 82.9 Å². The number of hydrazone groups is 1. The van der Waals surface area contributed by atoms with E-state index < -0.39 is 30.0 Å². The van der Waals surface area contributed by atoms with Gasteiger partial charge in [0.15, 0.2) is 23.6 Å². The summed E-state index contributed by atoms with van der Waals surface area (Å²) in [6.07, 6.45) is -9.60. The Bertz CT molecular complexity index is 1580. The summed E-state index contributed by atoms with van der Waals surface area (Å²) in [5, 5.41) is 12.1. The third-order valence-corrected chi connectivity index (χ3v) is 6.22. The third kappa shape index (κ3) is 6.80. The van der Waals surface area contributed by atoms with Crippen LogP contribution in [0.4, 0.5) is 26.3 Å². The van der Waals surface area contributed by atoms with E-state index in [1.165, 1.54) is 4.57 Å². The number of carbonyl (C=O) groups is 1. The fourth-order valence-corrected chi connectivity index (χ4v) is 4.13. The van der Waals surface area contributed by atoms with E-state index in [2.05, 4.69) is 20.3 Å². The Labute approximate surface area is 234 Å². The molecule has 3 aromatic carbocycles. The van der Waals surface area contributed by atoms with Gasteiger partial charge < -0.3 is 5.84 Å². The SMILES string of the molecule is NN=C(C(=NCc1cc(C(F)(F)F)cc(C(F)(F)F)c1)c1ccccc1)c1nnc(C=O)n1Cc1ccccc1Cl. The van der Waals surface area contributed by atoms with Gasteiger partial charge >= 0.3 is 12.4 Å². The second kappa shape index (κ2) is 11.9. The molecule has 0 spiro atoms.